The van der Waals surface area contributed by atoms with Crippen molar-refractivity contribution in [1.29, 1.82) is 0 Å². The van der Waals surface area contributed by atoms with E-state index in [1.54, 1.807) is 4.68 Å². The highest BCUT2D eigenvalue weighted by Gasteiger charge is 2.24. The van der Waals surface area contributed by atoms with Crippen LogP contribution >= 0.6 is 56.8 Å². The highest BCUT2D eigenvalue weighted by Crippen LogP contribution is 2.35. The Bertz CT molecular complexity index is 1110. The van der Waals surface area contributed by atoms with E-state index in [0.717, 1.165) is 14.7 Å². The first-order valence-electron chi connectivity index (χ1n) is 10.9. The van der Waals surface area contributed by atoms with Crippen molar-refractivity contribution < 1.29 is 24.8 Å². The van der Waals surface area contributed by atoms with Crippen LogP contribution < -0.4 is 9.47 Å². The molecule has 3 aromatic rings. The van der Waals surface area contributed by atoms with Crippen LogP contribution in [0.5, 0.6) is 11.5 Å². The van der Waals surface area contributed by atoms with Gasteiger partial charge in [0.25, 0.3) is 0 Å². The standard InChI is InChI=1S/C24H28ClI2N3O5/c1-24(2,15-3-6-19(7-4-15)34-13-17(32)10-25)16-5-8-22(20(26)9-16)35-14-18(33)11-30-23(27)21(12-31)28-29-30/h3-9,17-18,31-33H,10-14H2,1-2H3/t17-,18+/m1/s1/i26-4. The maximum absolute atomic E-state index is 10.4. The lowest BCUT2D eigenvalue weighted by atomic mass is 9.78. The van der Waals surface area contributed by atoms with Gasteiger partial charge in [0, 0.05) is 5.41 Å². The molecule has 11 heteroatoms. The molecule has 0 aliphatic heterocycles. The first-order chi connectivity index (χ1) is 16.6. The van der Waals surface area contributed by atoms with Crippen LogP contribution in [0.15, 0.2) is 42.5 Å². The zero-order valence-corrected chi connectivity index (χ0v) is 24.4. The van der Waals surface area contributed by atoms with Gasteiger partial charge in [-0.2, -0.15) is 0 Å². The monoisotopic (exact) mass is 723 g/mol. The van der Waals surface area contributed by atoms with Crippen molar-refractivity contribution in [2.24, 2.45) is 0 Å². The normalized spacial score (nSPS) is 13.5. The molecule has 3 rings (SSSR count). The van der Waals surface area contributed by atoms with Gasteiger partial charge in [0.2, 0.25) is 0 Å². The number of ether oxygens (including phenoxy) is 2. The molecule has 0 saturated carbocycles. The molecular formula is C24H28ClI2N3O5. The summed E-state index contributed by atoms with van der Waals surface area (Å²) in [6.07, 6.45) is -1.47. The smallest absolute Gasteiger partial charge is 0.132 e. The van der Waals surface area contributed by atoms with Crippen LogP contribution in [0, 0.1) is 7.27 Å². The number of hydrogen-bond acceptors (Lipinski definition) is 7. The fraction of sp³-hybridized carbons (Fsp3) is 0.417. The highest BCUT2D eigenvalue weighted by atomic mass is 127. The van der Waals surface area contributed by atoms with Crippen molar-refractivity contribution in [1.82, 2.24) is 15.0 Å². The van der Waals surface area contributed by atoms with Gasteiger partial charge in [0.1, 0.15) is 46.3 Å². The maximum Gasteiger partial charge on any atom is 0.132 e. The van der Waals surface area contributed by atoms with Gasteiger partial charge >= 0.3 is 0 Å². The molecule has 0 spiro atoms. The summed E-state index contributed by atoms with van der Waals surface area (Å²) in [6, 6.07) is 13.8. The fourth-order valence-electron chi connectivity index (χ4n) is 3.37. The molecule has 0 fully saturated rings. The minimum Gasteiger partial charge on any atom is -0.491 e. The lowest BCUT2D eigenvalue weighted by Crippen LogP contribution is -2.25. The Balaban J connectivity index is 1.62. The molecule has 0 saturated heterocycles. The summed E-state index contributed by atoms with van der Waals surface area (Å²) in [6.45, 7) is 4.58. The number of halogens is 3. The van der Waals surface area contributed by atoms with E-state index in [4.69, 9.17) is 21.1 Å². The van der Waals surface area contributed by atoms with Crippen molar-refractivity contribution >= 4 is 56.8 Å². The Labute approximate surface area is 236 Å². The van der Waals surface area contributed by atoms with Gasteiger partial charge in [-0.3, -0.25) is 0 Å². The van der Waals surface area contributed by atoms with Gasteiger partial charge in [-0.25, -0.2) is 4.68 Å². The van der Waals surface area contributed by atoms with Crippen molar-refractivity contribution in [3.63, 3.8) is 0 Å². The molecule has 0 amide bonds. The molecule has 0 bridgehead atoms. The minimum absolute atomic E-state index is 0.100. The number of benzene rings is 2. The third-order valence-electron chi connectivity index (χ3n) is 5.55. The molecule has 0 aliphatic carbocycles. The predicted molar refractivity (Wildman–Crippen MR) is 150 cm³/mol. The lowest BCUT2D eigenvalue weighted by molar-refractivity contribution is 0.0877. The minimum atomic E-state index is -0.782. The van der Waals surface area contributed by atoms with Crippen molar-refractivity contribution in [3.8, 4) is 11.5 Å². The second-order valence-corrected chi connectivity index (χ2v) is 11.0. The van der Waals surface area contributed by atoms with Crippen molar-refractivity contribution in [2.75, 3.05) is 19.1 Å². The topological polar surface area (TPSA) is 110 Å². The number of nitrogens with zero attached hydrogens (tertiary/aromatic N) is 3. The number of aliphatic hydroxyl groups is 3. The van der Waals surface area contributed by atoms with Gasteiger partial charge in [0.05, 0.1) is 22.6 Å². The molecule has 1 aromatic heterocycles. The molecule has 35 heavy (non-hydrogen) atoms. The molecule has 2 aromatic carbocycles. The number of alkyl halides is 1. The van der Waals surface area contributed by atoms with Crippen LogP contribution in [0.4, 0.5) is 0 Å². The zero-order valence-electron chi connectivity index (χ0n) is 19.4. The Hall–Kier alpha value is -1.19. The second kappa shape index (κ2) is 12.9. The third kappa shape index (κ3) is 7.41. The molecule has 1 heterocycles. The molecule has 190 valence electrons. The molecule has 3 N–H and O–H groups in total. The summed E-state index contributed by atoms with van der Waals surface area (Å²) in [5.41, 5.74) is 2.46. The van der Waals surface area contributed by atoms with Gasteiger partial charge in [-0.1, -0.05) is 37.3 Å². The highest BCUT2D eigenvalue weighted by molar-refractivity contribution is 14.1. The third-order valence-corrected chi connectivity index (χ3v) is 7.93. The molecular weight excluding hydrogens is 696 g/mol. The summed E-state index contributed by atoms with van der Waals surface area (Å²) >= 11 is 9.89. The van der Waals surface area contributed by atoms with Gasteiger partial charge < -0.3 is 24.8 Å². The maximum atomic E-state index is 10.4. The number of aromatic nitrogens is 3. The molecule has 0 radical (unpaired) electrons. The Morgan fingerprint density at radius 1 is 1.06 bits per heavy atom. The SMILES string of the molecule is CC(C)(c1ccc(OC[C@H](O)CCl)cc1)c1ccc(OC[C@@H](O)Cn2nnc(CO)c2I)c([123I])c1. The quantitative estimate of drug-likeness (QED) is 0.193. The summed E-state index contributed by atoms with van der Waals surface area (Å²) in [4.78, 5) is 0. The van der Waals surface area contributed by atoms with Crippen LogP contribution in [-0.2, 0) is 18.6 Å². The summed E-state index contributed by atoms with van der Waals surface area (Å²) in [5.74, 6) is 1.50. The Morgan fingerprint density at radius 3 is 2.31 bits per heavy atom. The fourth-order valence-corrected chi connectivity index (χ4v) is 4.70. The van der Waals surface area contributed by atoms with Crippen molar-refractivity contribution in [2.45, 2.75) is 44.6 Å². The van der Waals surface area contributed by atoms with E-state index in [1.807, 2.05) is 59.0 Å². The molecule has 0 aliphatic rings. The van der Waals surface area contributed by atoms with E-state index in [-0.39, 0.29) is 37.7 Å². The summed E-state index contributed by atoms with van der Waals surface area (Å²) in [5, 5.41) is 37.0. The van der Waals surface area contributed by atoms with E-state index in [9.17, 15) is 15.3 Å². The van der Waals surface area contributed by atoms with Crippen LogP contribution in [0.3, 0.4) is 0 Å². The van der Waals surface area contributed by atoms with Crippen LogP contribution in [-0.4, -0.2) is 61.6 Å². The van der Waals surface area contributed by atoms with Crippen LogP contribution in [0.2, 0.25) is 0 Å². The van der Waals surface area contributed by atoms with Crippen LogP contribution in [0.25, 0.3) is 0 Å². The van der Waals surface area contributed by atoms with Crippen molar-refractivity contribution in [3.05, 3.63) is 66.6 Å². The summed E-state index contributed by atoms with van der Waals surface area (Å²) in [7, 11) is 0. The van der Waals surface area contributed by atoms with E-state index < -0.39 is 12.2 Å². The molecule has 8 nitrogen and oxygen atoms in total. The summed E-state index contributed by atoms with van der Waals surface area (Å²) < 4.78 is 14.6. The van der Waals surface area contributed by atoms with E-state index in [0.29, 0.717) is 20.9 Å². The van der Waals surface area contributed by atoms with E-state index in [2.05, 4.69) is 52.8 Å². The predicted octanol–water partition coefficient (Wildman–Crippen LogP) is 3.72. The second-order valence-electron chi connectivity index (χ2n) is 8.55. The first kappa shape index (κ1) is 28.4. The number of rotatable bonds is 12. The van der Waals surface area contributed by atoms with Gasteiger partial charge in [-0.05, 0) is 80.6 Å². The average Bonchev–Trinajstić information content (AvgIpc) is 3.20. The van der Waals surface area contributed by atoms with Crippen LogP contribution in [0.1, 0.15) is 30.7 Å². The first-order valence-corrected chi connectivity index (χ1v) is 13.6. The number of hydrogen-bond donors (Lipinski definition) is 3. The molecule has 0 unspecified atom stereocenters. The average molecular weight is 724 g/mol. The van der Waals surface area contributed by atoms with E-state index in [1.165, 1.54) is 0 Å². The largest absolute Gasteiger partial charge is 0.491 e. The Kier molecular flexibility index (Phi) is 10.4. The van der Waals surface area contributed by atoms with E-state index >= 15 is 0 Å². The Morgan fingerprint density at radius 2 is 1.71 bits per heavy atom. The zero-order chi connectivity index (χ0) is 25.6. The van der Waals surface area contributed by atoms with Gasteiger partial charge in [0.15, 0.2) is 0 Å². The lowest BCUT2D eigenvalue weighted by Gasteiger charge is -2.27. The van der Waals surface area contributed by atoms with Gasteiger partial charge in [-0.15, -0.1) is 16.7 Å². The molecule has 2 atom stereocenters. The number of aliphatic hydroxyl groups excluding tert-OH is 3.